The van der Waals surface area contributed by atoms with Gasteiger partial charge >= 0.3 is 0 Å². The average molecular weight is 318 g/mol. The summed E-state index contributed by atoms with van der Waals surface area (Å²) < 4.78 is 19.6. The summed E-state index contributed by atoms with van der Waals surface area (Å²) in [5.74, 6) is 0.358. The number of hydrogen-bond donors (Lipinski definition) is 2. The minimum atomic E-state index is -0.623. The van der Waals surface area contributed by atoms with Crippen LogP contribution in [0.4, 0.5) is 10.1 Å². The van der Waals surface area contributed by atoms with Gasteiger partial charge in [0.25, 0.3) is 0 Å². The summed E-state index contributed by atoms with van der Waals surface area (Å²) in [5.41, 5.74) is 0.380. The molecular formula is C13H17BrFNO2. The highest BCUT2D eigenvalue weighted by atomic mass is 79.9. The van der Waals surface area contributed by atoms with E-state index in [0.717, 1.165) is 11.1 Å². The molecule has 2 N–H and O–H groups in total. The topological polar surface area (TPSA) is 41.5 Å². The number of anilines is 1. The maximum Gasteiger partial charge on any atom is 0.146 e. The fourth-order valence-electron chi connectivity index (χ4n) is 1.57. The molecule has 0 saturated heterocycles. The number of aliphatic hydroxyl groups is 1. The first-order valence-corrected chi connectivity index (χ1v) is 6.89. The summed E-state index contributed by atoms with van der Waals surface area (Å²) in [7, 11) is 0. The van der Waals surface area contributed by atoms with E-state index in [2.05, 4.69) is 21.2 Å². The van der Waals surface area contributed by atoms with Crippen LogP contribution in [0.2, 0.25) is 0 Å². The van der Waals surface area contributed by atoms with Crippen molar-refractivity contribution in [1.29, 1.82) is 0 Å². The molecule has 2 rings (SSSR count). The molecule has 0 aliphatic heterocycles. The Bertz CT molecular complexity index is 399. The van der Waals surface area contributed by atoms with E-state index in [9.17, 15) is 9.50 Å². The van der Waals surface area contributed by atoms with E-state index in [1.165, 1.54) is 18.9 Å². The first kappa shape index (κ1) is 13.8. The first-order valence-electron chi connectivity index (χ1n) is 6.10. The molecule has 0 amide bonds. The minimum Gasteiger partial charge on any atom is -0.389 e. The zero-order valence-electron chi connectivity index (χ0n) is 10.0. The molecule has 0 bridgehead atoms. The first-order chi connectivity index (χ1) is 8.65. The Kier molecular flexibility index (Phi) is 4.97. The molecule has 1 fully saturated rings. The van der Waals surface area contributed by atoms with Crippen molar-refractivity contribution in [2.24, 2.45) is 5.92 Å². The zero-order valence-corrected chi connectivity index (χ0v) is 11.6. The number of benzene rings is 1. The van der Waals surface area contributed by atoms with Crippen molar-refractivity contribution in [3.63, 3.8) is 0 Å². The van der Waals surface area contributed by atoms with E-state index >= 15 is 0 Å². The Hall–Kier alpha value is -0.650. The fourth-order valence-corrected chi connectivity index (χ4v) is 1.94. The second kappa shape index (κ2) is 6.50. The van der Waals surface area contributed by atoms with E-state index in [1.54, 1.807) is 12.1 Å². The SMILES string of the molecule is OC(CNc1cc(Br)ccc1F)COCC1CC1. The van der Waals surface area contributed by atoms with Gasteiger partial charge in [0.05, 0.1) is 18.4 Å². The minimum absolute atomic E-state index is 0.276. The summed E-state index contributed by atoms with van der Waals surface area (Å²) in [6, 6.07) is 4.66. The summed E-state index contributed by atoms with van der Waals surface area (Å²) in [6.07, 6.45) is 1.84. The van der Waals surface area contributed by atoms with Crippen LogP contribution in [0.15, 0.2) is 22.7 Å². The molecule has 0 radical (unpaired) electrons. The Morgan fingerprint density at radius 3 is 3.00 bits per heavy atom. The monoisotopic (exact) mass is 317 g/mol. The van der Waals surface area contributed by atoms with Gasteiger partial charge < -0.3 is 15.2 Å². The van der Waals surface area contributed by atoms with Gasteiger partial charge in [-0.1, -0.05) is 15.9 Å². The molecule has 0 aromatic heterocycles. The molecule has 100 valence electrons. The van der Waals surface area contributed by atoms with Crippen molar-refractivity contribution in [2.45, 2.75) is 18.9 Å². The Morgan fingerprint density at radius 1 is 1.50 bits per heavy atom. The third-order valence-electron chi connectivity index (χ3n) is 2.82. The number of halogens is 2. The third-order valence-corrected chi connectivity index (χ3v) is 3.31. The van der Waals surface area contributed by atoms with Crippen molar-refractivity contribution in [1.82, 2.24) is 0 Å². The van der Waals surface area contributed by atoms with Gasteiger partial charge in [0.15, 0.2) is 0 Å². The van der Waals surface area contributed by atoms with Crippen LogP contribution in [-0.2, 0) is 4.74 Å². The van der Waals surface area contributed by atoms with E-state index in [1.807, 2.05) is 0 Å². The van der Waals surface area contributed by atoms with Crippen LogP contribution in [0.1, 0.15) is 12.8 Å². The summed E-state index contributed by atoms with van der Waals surface area (Å²) >= 11 is 3.27. The van der Waals surface area contributed by atoms with Crippen molar-refractivity contribution >= 4 is 21.6 Å². The molecule has 0 heterocycles. The lowest BCUT2D eigenvalue weighted by Crippen LogP contribution is -2.25. The van der Waals surface area contributed by atoms with Gasteiger partial charge in [-0.25, -0.2) is 4.39 Å². The second-order valence-corrected chi connectivity index (χ2v) is 5.56. The van der Waals surface area contributed by atoms with Crippen LogP contribution in [0.25, 0.3) is 0 Å². The number of nitrogens with one attached hydrogen (secondary N) is 1. The van der Waals surface area contributed by atoms with Gasteiger partial charge in [0.2, 0.25) is 0 Å². The van der Waals surface area contributed by atoms with E-state index in [-0.39, 0.29) is 12.4 Å². The number of ether oxygens (including phenoxy) is 1. The lowest BCUT2D eigenvalue weighted by atomic mass is 10.3. The molecule has 1 aliphatic rings. The van der Waals surface area contributed by atoms with Crippen molar-refractivity contribution in [3.8, 4) is 0 Å². The zero-order chi connectivity index (χ0) is 13.0. The van der Waals surface area contributed by atoms with Gasteiger partial charge in [-0.15, -0.1) is 0 Å². The fraction of sp³-hybridized carbons (Fsp3) is 0.538. The van der Waals surface area contributed by atoms with Crippen LogP contribution in [0, 0.1) is 11.7 Å². The Balaban J connectivity index is 1.70. The highest BCUT2D eigenvalue weighted by Gasteiger charge is 2.21. The average Bonchev–Trinajstić information content (AvgIpc) is 3.14. The second-order valence-electron chi connectivity index (χ2n) is 4.64. The Labute approximate surface area is 114 Å². The molecule has 1 unspecified atom stereocenters. The van der Waals surface area contributed by atoms with Crippen LogP contribution in [-0.4, -0.2) is 31.0 Å². The maximum absolute atomic E-state index is 13.4. The smallest absolute Gasteiger partial charge is 0.146 e. The largest absolute Gasteiger partial charge is 0.389 e. The van der Waals surface area contributed by atoms with E-state index < -0.39 is 6.10 Å². The molecule has 18 heavy (non-hydrogen) atoms. The molecule has 5 heteroatoms. The predicted molar refractivity (Wildman–Crippen MR) is 72.1 cm³/mol. The molecule has 1 saturated carbocycles. The lowest BCUT2D eigenvalue weighted by molar-refractivity contribution is 0.0386. The molecule has 1 atom stereocenters. The van der Waals surface area contributed by atoms with Crippen LogP contribution in [0.3, 0.4) is 0 Å². The van der Waals surface area contributed by atoms with Crippen molar-refractivity contribution < 1.29 is 14.2 Å². The highest BCUT2D eigenvalue weighted by molar-refractivity contribution is 9.10. The van der Waals surface area contributed by atoms with Crippen LogP contribution >= 0.6 is 15.9 Å². The molecule has 3 nitrogen and oxygen atoms in total. The third kappa shape index (κ3) is 4.55. The maximum atomic E-state index is 13.4. The van der Waals surface area contributed by atoms with E-state index in [4.69, 9.17) is 4.74 Å². The van der Waals surface area contributed by atoms with Gasteiger partial charge in [0.1, 0.15) is 5.82 Å². The van der Waals surface area contributed by atoms with E-state index in [0.29, 0.717) is 18.2 Å². The van der Waals surface area contributed by atoms with Crippen molar-refractivity contribution in [2.75, 3.05) is 25.1 Å². The quantitative estimate of drug-likeness (QED) is 0.812. The van der Waals surface area contributed by atoms with Gasteiger partial charge in [-0.2, -0.15) is 0 Å². The standard InChI is InChI=1S/C13H17BrFNO2/c14-10-3-4-12(15)13(5-10)16-6-11(17)8-18-7-9-1-2-9/h3-5,9,11,16-17H,1-2,6-8H2. The summed E-state index contributed by atoms with van der Waals surface area (Å²) in [4.78, 5) is 0. The summed E-state index contributed by atoms with van der Waals surface area (Å²) in [5, 5.41) is 12.6. The normalized spacial score (nSPS) is 16.6. The molecule has 1 aromatic carbocycles. The number of aliphatic hydroxyl groups excluding tert-OH is 1. The van der Waals surface area contributed by atoms with Crippen molar-refractivity contribution in [3.05, 3.63) is 28.5 Å². The Morgan fingerprint density at radius 2 is 2.28 bits per heavy atom. The van der Waals surface area contributed by atoms with Gasteiger partial charge in [-0.3, -0.25) is 0 Å². The molecular weight excluding hydrogens is 301 g/mol. The highest BCUT2D eigenvalue weighted by Crippen LogP contribution is 2.28. The lowest BCUT2D eigenvalue weighted by Gasteiger charge is -2.13. The van der Waals surface area contributed by atoms with Crippen LogP contribution < -0.4 is 5.32 Å². The van der Waals surface area contributed by atoms with Gasteiger partial charge in [0, 0.05) is 17.6 Å². The summed E-state index contributed by atoms with van der Waals surface area (Å²) in [6.45, 7) is 1.29. The van der Waals surface area contributed by atoms with Crippen LogP contribution in [0.5, 0.6) is 0 Å². The molecule has 1 aliphatic carbocycles. The molecule has 0 spiro atoms. The number of rotatable bonds is 7. The predicted octanol–water partition coefficient (Wildman–Crippen LogP) is 2.79. The number of hydrogen-bond acceptors (Lipinski definition) is 3. The molecule has 1 aromatic rings. The van der Waals surface area contributed by atoms with Gasteiger partial charge in [-0.05, 0) is 37.0 Å².